The molecule has 31 heavy (non-hydrogen) atoms. The zero-order chi connectivity index (χ0) is 21.6. The first-order valence-electron chi connectivity index (χ1n) is 10.6. The van der Waals surface area contributed by atoms with E-state index in [9.17, 15) is 9.18 Å². The molecular weight excluding hydrogens is 415 g/mol. The topological polar surface area (TPSA) is 48.1 Å². The molecular formula is C23H27FN4O2S. The molecule has 8 heteroatoms. The van der Waals surface area contributed by atoms with Crippen molar-refractivity contribution in [3.63, 3.8) is 0 Å². The predicted molar refractivity (Wildman–Crippen MR) is 123 cm³/mol. The fourth-order valence-corrected chi connectivity index (χ4v) is 4.22. The maximum atomic E-state index is 13.1. The summed E-state index contributed by atoms with van der Waals surface area (Å²) in [6, 6.07) is 15.6. The van der Waals surface area contributed by atoms with Crippen LogP contribution in [0.3, 0.4) is 0 Å². The zero-order valence-corrected chi connectivity index (χ0v) is 18.2. The smallest absolute Gasteiger partial charge is 0.253 e. The second kappa shape index (κ2) is 10.2. The maximum Gasteiger partial charge on any atom is 0.253 e. The predicted octanol–water partition coefficient (Wildman–Crippen LogP) is 2.68. The highest BCUT2D eigenvalue weighted by Crippen LogP contribution is 2.14. The van der Waals surface area contributed by atoms with Gasteiger partial charge in [0.05, 0.1) is 12.7 Å². The Bertz CT molecular complexity index is 888. The molecule has 2 saturated heterocycles. The van der Waals surface area contributed by atoms with Gasteiger partial charge in [0.2, 0.25) is 0 Å². The van der Waals surface area contributed by atoms with E-state index in [-0.39, 0.29) is 17.8 Å². The fraction of sp³-hybridized carbons (Fsp3) is 0.391. The van der Waals surface area contributed by atoms with Crippen LogP contribution < -0.4 is 5.32 Å². The van der Waals surface area contributed by atoms with Gasteiger partial charge in [-0.15, -0.1) is 0 Å². The van der Waals surface area contributed by atoms with Crippen LogP contribution >= 0.6 is 12.2 Å². The van der Waals surface area contributed by atoms with E-state index in [1.54, 1.807) is 12.1 Å². The molecule has 2 aromatic rings. The molecule has 0 spiro atoms. The zero-order valence-electron chi connectivity index (χ0n) is 17.4. The van der Waals surface area contributed by atoms with E-state index in [4.69, 9.17) is 17.0 Å². The number of nitrogens with one attached hydrogen (secondary N) is 1. The maximum absolute atomic E-state index is 13.1. The minimum atomic E-state index is -0.270. The summed E-state index contributed by atoms with van der Waals surface area (Å²) < 4.78 is 19.1. The monoisotopic (exact) mass is 442 g/mol. The van der Waals surface area contributed by atoms with Crippen molar-refractivity contribution in [1.29, 1.82) is 0 Å². The number of benzene rings is 2. The number of ether oxygens (including phenoxy) is 1. The molecule has 2 heterocycles. The molecule has 4 rings (SSSR count). The van der Waals surface area contributed by atoms with Gasteiger partial charge in [0.25, 0.3) is 5.91 Å². The summed E-state index contributed by atoms with van der Waals surface area (Å²) in [6.45, 7) is 5.95. The first kappa shape index (κ1) is 21.7. The number of anilines is 1. The van der Waals surface area contributed by atoms with Crippen molar-refractivity contribution >= 4 is 28.9 Å². The molecule has 0 bridgehead atoms. The highest BCUT2D eigenvalue weighted by Gasteiger charge is 2.27. The normalized spacial score (nSPS) is 19.8. The minimum absolute atomic E-state index is 0.0538. The summed E-state index contributed by atoms with van der Waals surface area (Å²) in [6.07, 6.45) is 0.0538. The molecule has 0 aromatic heterocycles. The van der Waals surface area contributed by atoms with Crippen LogP contribution in [0, 0.1) is 5.82 Å². The summed E-state index contributed by atoms with van der Waals surface area (Å²) in [5.41, 5.74) is 1.51. The molecule has 6 nitrogen and oxygen atoms in total. The number of carbonyl (C=O) groups excluding carboxylic acids is 1. The second-order valence-electron chi connectivity index (χ2n) is 7.83. The molecule has 0 radical (unpaired) electrons. The average molecular weight is 443 g/mol. The van der Waals surface area contributed by atoms with Crippen LogP contribution in [0.1, 0.15) is 10.4 Å². The van der Waals surface area contributed by atoms with Crippen molar-refractivity contribution in [1.82, 2.24) is 14.7 Å². The van der Waals surface area contributed by atoms with E-state index < -0.39 is 0 Å². The van der Waals surface area contributed by atoms with Crippen molar-refractivity contribution in [3.05, 3.63) is 66.0 Å². The largest absolute Gasteiger partial charge is 0.373 e. The number of amides is 1. The Kier molecular flexibility index (Phi) is 7.11. The van der Waals surface area contributed by atoms with Gasteiger partial charge in [0.15, 0.2) is 5.11 Å². The van der Waals surface area contributed by atoms with Gasteiger partial charge in [-0.2, -0.15) is 0 Å². The molecule has 164 valence electrons. The molecule has 1 N–H and O–H groups in total. The summed E-state index contributed by atoms with van der Waals surface area (Å²) in [4.78, 5) is 19.0. The van der Waals surface area contributed by atoms with Gasteiger partial charge in [-0.05, 0) is 48.6 Å². The van der Waals surface area contributed by atoms with Crippen molar-refractivity contribution in [2.24, 2.45) is 0 Å². The number of thiocarbonyl (C=S) groups is 1. The molecule has 0 unspecified atom stereocenters. The number of piperazine rings is 1. The first-order valence-corrected chi connectivity index (χ1v) is 11.0. The van der Waals surface area contributed by atoms with E-state index in [2.05, 4.69) is 15.1 Å². The summed E-state index contributed by atoms with van der Waals surface area (Å²) in [7, 11) is 0. The average Bonchev–Trinajstić information content (AvgIpc) is 2.81. The van der Waals surface area contributed by atoms with Crippen molar-refractivity contribution in [2.75, 3.05) is 57.7 Å². The molecule has 0 aliphatic carbocycles. The quantitative estimate of drug-likeness (QED) is 0.735. The number of halogens is 1. The lowest BCUT2D eigenvalue weighted by Gasteiger charge is -2.40. The standard InChI is InChI=1S/C23H27FN4O2S/c24-19-6-8-20(9-7-19)25-23(31)28-14-15-30-21(17-28)16-26-10-12-27(13-11-26)22(29)18-4-2-1-3-5-18/h1-9,21H,10-17H2,(H,25,31)/t21-/m1/s1. The Balaban J connectivity index is 1.24. The number of rotatable bonds is 4. The molecule has 0 saturated carbocycles. The Morgan fingerprint density at radius 3 is 2.42 bits per heavy atom. The van der Waals surface area contributed by atoms with Gasteiger partial charge in [-0.3, -0.25) is 9.69 Å². The van der Waals surface area contributed by atoms with Crippen molar-refractivity contribution in [3.8, 4) is 0 Å². The Labute approximate surface area is 187 Å². The van der Waals surface area contributed by atoms with Crippen LogP contribution in [0.5, 0.6) is 0 Å². The third kappa shape index (κ3) is 5.78. The molecule has 2 fully saturated rings. The molecule has 2 aliphatic heterocycles. The number of nitrogens with zero attached hydrogens (tertiary/aromatic N) is 3. The third-order valence-corrected chi connectivity index (χ3v) is 6.02. The number of morpholine rings is 1. The fourth-order valence-electron chi connectivity index (χ4n) is 3.93. The van der Waals surface area contributed by atoms with Gasteiger partial charge < -0.3 is 19.9 Å². The first-order chi connectivity index (χ1) is 15.1. The Morgan fingerprint density at radius 2 is 1.71 bits per heavy atom. The number of carbonyl (C=O) groups is 1. The van der Waals surface area contributed by atoms with E-state index in [1.165, 1.54) is 12.1 Å². The minimum Gasteiger partial charge on any atom is -0.373 e. The number of hydrogen-bond donors (Lipinski definition) is 1. The van der Waals surface area contributed by atoms with E-state index in [0.717, 1.165) is 37.4 Å². The highest BCUT2D eigenvalue weighted by atomic mass is 32.1. The van der Waals surface area contributed by atoms with E-state index in [0.29, 0.717) is 31.4 Å². The molecule has 1 amide bonds. The molecule has 2 aromatic carbocycles. The highest BCUT2D eigenvalue weighted by molar-refractivity contribution is 7.80. The third-order valence-electron chi connectivity index (χ3n) is 5.66. The van der Waals surface area contributed by atoms with E-state index in [1.807, 2.05) is 35.2 Å². The van der Waals surface area contributed by atoms with Crippen LogP contribution in [-0.2, 0) is 4.74 Å². The van der Waals surface area contributed by atoms with Crippen LogP contribution in [0.25, 0.3) is 0 Å². The lowest BCUT2D eigenvalue weighted by atomic mass is 10.1. The summed E-state index contributed by atoms with van der Waals surface area (Å²) >= 11 is 5.54. The van der Waals surface area contributed by atoms with Gasteiger partial charge >= 0.3 is 0 Å². The second-order valence-corrected chi connectivity index (χ2v) is 8.22. The van der Waals surface area contributed by atoms with Gasteiger partial charge in [-0.1, -0.05) is 18.2 Å². The van der Waals surface area contributed by atoms with Crippen LogP contribution in [0.2, 0.25) is 0 Å². The Hall–Kier alpha value is -2.55. The SMILES string of the molecule is O=C(c1ccccc1)N1CCN(C[C@@H]2CN(C(=S)Nc3ccc(F)cc3)CCO2)CC1. The Morgan fingerprint density at radius 1 is 1.00 bits per heavy atom. The van der Waals surface area contributed by atoms with Crippen molar-refractivity contribution in [2.45, 2.75) is 6.10 Å². The molecule has 1 atom stereocenters. The summed E-state index contributed by atoms with van der Waals surface area (Å²) in [5, 5.41) is 3.80. The van der Waals surface area contributed by atoms with Crippen LogP contribution in [0.4, 0.5) is 10.1 Å². The van der Waals surface area contributed by atoms with E-state index >= 15 is 0 Å². The summed E-state index contributed by atoms with van der Waals surface area (Å²) in [5.74, 6) is -0.175. The lowest BCUT2D eigenvalue weighted by molar-refractivity contribution is -0.0285. The molecule has 2 aliphatic rings. The number of hydrogen-bond acceptors (Lipinski definition) is 4. The lowest BCUT2D eigenvalue weighted by Crippen LogP contribution is -2.54. The van der Waals surface area contributed by atoms with Crippen LogP contribution in [-0.4, -0.2) is 84.2 Å². The van der Waals surface area contributed by atoms with Crippen molar-refractivity contribution < 1.29 is 13.9 Å². The van der Waals surface area contributed by atoms with Crippen LogP contribution in [0.15, 0.2) is 54.6 Å². The van der Waals surface area contributed by atoms with Gasteiger partial charge in [0.1, 0.15) is 5.82 Å². The van der Waals surface area contributed by atoms with Gasteiger partial charge in [0, 0.05) is 57.1 Å². The van der Waals surface area contributed by atoms with Gasteiger partial charge in [-0.25, -0.2) is 4.39 Å².